The normalized spacial score (nSPS) is 13.9. The van der Waals surface area contributed by atoms with Gasteiger partial charge in [-0.2, -0.15) is 0 Å². The highest BCUT2D eigenvalue weighted by Crippen LogP contribution is 2.28. The molecule has 0 fully saturated rings. The number of oxazole rings is 1. The maximum absolute atomic E-state index is 12.9. The minimum absolute atomic E-state index is 0.148. The van der Waals surface area contributed by atoms with E-state index in [1.54, 1.807) is 69.5 Å². The van der Waals surface area contributed by atoms with Crippen molar-refractivity contribution in [1.82, 2.24) is 9.88 Å². The molecule has 0 saturated heterocycles. The molecule has 8 heteroatoms. The molecule has 32 heavy (non-hydrogen) atoms. The predicted octanol–water partition coefficient (Wildman–Crippen LogP) is 3.71. The Morgan fingerprint density at radius 2 is 1.66 bits per heavy atom. The molecule has 0 spiro atoms. The lowest BCUT2D eigenvalue weighted by molar-refractivity contribution is -0.151. The van der Waals surface area contributed by atoms with E-state index in [-0.39, 0.29) is 23.7 Å². The number of methoxy groups -OCH3 is 1. The molecule has 3 aromatic rings. The molecule has 164 valence electrons. The fraction of sp³-hybridized carbons (Fsp3) is 0.250. The molecule has 1 atom stereocenters. The van der Waals surface area contributed by atoms with E-state index >= 15 is 0 Å². The number of hydrogen-bond donors (Lipinski definition) is 0. The number of nitrogens with zero attached hydrogens (tertiary/aromatic N) is 2. The lowest BCUT2D eigenvalue weighted by Crippen LogP contribution is -2.48. The first-order valence-corrected chi connectivity index (χ1v) is 10.1. The number of benzene rings is 2. The van der Waals surface area contributed by atoms with Crippen molar-refractivity contribution in [3.8, 4) is 17.2 Å². The van der Waals surface area contributed by atoms with Crippen molar-refractivity contribution in [2.75, 3.05) is 7.11 Å². The minimum Gasteiger partial charge on any atom is -0.497 e. The van der Waals surface area contributed by atoms with Gasteiger partial charge in [0.2, 0.25) is 5.89 Å². The highest BCUT2D eigenvalue weighted by molar-refractivity contribution is 6.22. The van der Waals surface area contributed by atoms with Crippen LogP contribution in [0.3, 0.4) is 0 Å². The molecule has 1 aliphatic rings. The van der Waals surface area contributed by atoms with E-state index in [2.05, 4.69) is 4.98 Å². The molecule has 0 unspecified atom stereocenters. The number of aromatic nitrogens is 1. The van der Waals surface area contributed by atoms with E-state index in [9.17, 15) is 14.4 Å². The molecule has 2 heterocycles. The molecule has 1 aliphatic heterocycles. The third kappa shape index (κ3) is 3.87. The number of carbonyl (C=O) groups is 3. The Kier molecular flexibility index (Phi) is 5.77. The molecule has 0 bridgehead atoms. The van der Waals surface area contributed by atoms with E-state index < -0.39 is 23.8 Å². The van der Waals surface area contributed by atoms with Crippen LogP contribution in [0.5, 0.6) is 5.75 Å². The summed E-state index contributed by atoms with van der Waals surface area (Å²) in [7, 11) is 1.58. The third-order valence-corrected chi connectivity index (χ3v) is 5.23. The zero-order valence-electron chi connectivity index (χ0n) is 17.9. The molecule has 0 saturated carbocycles. The topological polar surface area (TPSA) is 98.9 Å². The molecule has 1 aromatic heterocycles. The fourth-order valence-electron chi connectivity index (χ4n) is 3.61. The number of hydrogen-bond acceptors (Lipinski definition) is 7. The molecule has 8 nitrogen and oxygen atoms in total. The Labute approximate surface area is 184 Å². The highest BCUT2D eigenvalue weighted by Gasteiger charge is 2.44. The largest absolute Gasteiger partial charge is 0.497 e. The van der Waals surface area contributed by atoms with Gasteiger partial charge >= 0.3 is 5.97 Å². The second-order valence-electron chi connectivity index (χ2n) is 7.69. The van der Waals surface area contributed by atoms with Crippen LogP contribution in [-0.4, -0.2) is 40.8 Å². The quantitative estimate of drug-likeness (QED) is 0.413. The SMILES string of the molecule is COc1ccc(-c2nc(COC(=O)[C@H](C(C)C)N3C(=O)c4ccccc4C3=O)co2)cc1. The number of carbonyl (C=O) groups excluding carboxylic acids is 3. The average Bonchev–Trinajstić information content (AvgIpc) is 3.37. The van der Waals surface area contributed by atoms with Gasteiger partial charge in [-0.25, -0.2) is 9.78 Å². The van der Waals surface area contributed by atoms with Gasteiger partial charge in [-0.3, -0.25) is 14.5 Å². The second-order valence-corrected chi connectivity index (χ2v) is 7.69. The van der Waals surface area contributed by atoms with Crippen LogP contribution in [0, 0.1) is 5.92 Å². The standard InChI is InChI=1S/C24H22N2O6/c1-14(2)20(26-22(27)18-6-4-5-7-19(18)23(26)28)24(29)32-13-16-12-31-21(25-16)15-8-10-17(30-3)11-9-15/h4-12,14,20H,13H2,1-3H3/t20-/m0/s1. The van der Waals surface area contributed by atoms with Gasteiger partial charge in [-0.05, 0) is 42.3 Å². The second kappa shape index (κ2) is 8.66. The van der Waals surface area contributed by atoms with Crippen molar-refractivity contribution in [3.63, 3.8) is 0 Å². The van der Waals surface area contributed by atoms with E-state index in [1.165, 1.54) is 6.26 Å². The molecular weight excluding hydrogens is 412 g/mol. The lowest BCUT2D eigenvalue weighted by atomic mass is 10.0. The first-order valence-electron chi connectivity index (χ1n) is 10.1. The van der Waals surface area contributed by atoms with Crippen LogP contribution in [0.15, 0.2) is 59.2 Å². The molecule has 2 aromatic carbocycles. The van der Waals surface area contributed by atoms with Gasteiger partial charge in [0.25, 0.3) is 11.8 Å². The molecule has 0 radical (unpaired) electrons. The average molecular weight is 434 g/mol. The fourth-order valence-corrected chi connectivity index (χ4v) is 3.61. The van der Waals surface area contributed by atoms with Crippen LogP contribution < -0.4 is 4.74 Å². The zero-order valence-corrected chi connectivity index (χ0v) is 17.9. The van der Waals surface area contributed by atoms with Crippen molar-refractivity contribution in [3.05, 3.63) is 71.6 Å². The summed E-state index contributed by atoms with van der Waals surface area (Å²) >= 11 is 0. The molecule has 0 aliphatic carbocycles. The van der Waals surface area contributed by atoms with Crippen LogP contribution in [0.25, 0.3) is 11.5 Å². The van der Waals surface area contributed by atoms with Crippen molar-refractivity contribution >= 4 is 17.8 Å². The zero-order chi connectivity index (χ0) is 22.8. The summed E-state index contributed by atoms with van der Waals surface area (Å²) < 4.78 is 16.0. The smallest absolute Gasteiger partial charge is 0.330 e. The Balaban J connectivity index is 1.46. The maximum Gasteiger partial charge on any atom is 0.330 e. The van der Waals surface area contributed by atoms with Crippen LogP contribution in [0.4, 0.5) is 0 Å². The van der Waals surface area contributed by atoms with E-state index in [1.807, 2.05) is 0 Å². The predicted molar refractivity (Wildman–Crippen MR) is 114 cm³/mol. The van der Waals surface area contributed by atoms with Crippen LogP contribution in [0.1, 0.15) is 40.3 Å². The number of rotatable bonds is 7. The summed E-state index contributed by atoms with van der Waals surface area (Å²) in [6, 6.07) is 12.7. The number of fused-ring (bicyclic) bond motifs is 1. The number of ether oxygens (including phenoxy) is 2. The molecule has 2 amide bonds. The van der Waals surface area contributed by atoms with Crippen molar-refractivity contribution < 1.29 is 28.3 Å². The third-order valence-electron chi connectivity index (χ3n) is 5.23. The highest BCUT2D eigenvalue weighted by atomic mass is 16.5. The van der Waals surface area contributed by atoms with Crippen molar-refractivity contribution in [2.45, 2.75) is 26.5 Å². The van der Waals surface area contributed by atoms with E-state index in [0.29, 0.717) is 17.3 Å². The van der Waals surface area contributed by atoms with Crippen LogP contribution in [0.2, 0.25) is 0 Å². The summed E-state index contributed by atoms with van der Waals surface area (Å²) in [4.78, 5) is 43.8. The minimum atomic E-state index is -1.05. The van der Waals surface area contributed by atoms with Crippen molar-refractivity contribution in [1.29, 1.82) is 0 Å². The number of esters is 1. The monoisotopic (exact) mass is 434 g/mol. The Bertz CT molecular complexity index is 1130. The molecular formula is C24H22N2O6. The number of amides is 2. The van der Waals surface area contributed by atoms with E-state index in [0.717, 1.165) is 10.5 Å². The van der Waals surface area contributed by atoms with Crippen molar-refractivity contribution in [2.24, 2.45) is 5.92 Å². The first-order chi connectivity index (χ1) is 15.4. The van der Waals surface area contributed by atoms with E-state index in [4.69, 9.17) is 13.9 Å². The first kappa shape index (κ1) is 21.3. The maximum atomic E-state index is 12.9. The summed E-state index contributed by atoms with van der Waals surface area (Å²) in [5, 5.41) is 0. The lowest BCUT2D eigenvalue weighted by Gasteiger charge is -2.27. The Hall–Kier alpha value is -3.94. The van der Waals surface area contributed by atoms with Gasteiger partial charge in [0.05, 0.1) is 18.2 Å². The Morgan fingerprint density at radius 1 is 1.03 bits per heavy atom. The van der Waals surface area contributed by atoms with Crippen LogP contribution in [-0.2, 0) is 16.1 Å². The summed E-state index contributed by atoms with van der Waals surface area (Å²) in [6.45, 7) is 3.37. The van der Waals surface area contributed by atoms with Gasteiger partial charge in [0.15, 0.2) is 0 Å². The number of imide groups is 1. The van der Waals surface area contributed by atoms with Crippen LogP contribution >= 0.6 is 0 Å². The summed E-state index contributed by atoms with van der Waals surface area (Å²) in [6.07, 6.45) is 1.40. The molecule has 0 N–H and O–H groups in total. The van der Waals surface area contributed by atoms with Gasteiger partial charge in [-0.1, -0.05) is 26.0 Å². The summed E-state index contributed by atoms with van der Waals surface area (Å²) in [5.74, 6) is -0.920. The van der Waals surface area contributed by atoms with Gasteiger partial charge in [0, 0.05) is 5.56 Å². The van der Waals surface area contributed by atoms with Gasteiger partial charge < -0.3 is 13.9 Å². The summed E-state index contributed by atoms with van der Waals surface area (Å²) in [5.41, 5.74) is 1.73. The van der Waals surface area contributed by atoms with Gasteiger partial charge in [0.1, 0.15) is 30.4 Å². The Morgan fingerprint density at radius 3 is 2.22 bits per heavy atom. The van der Waals surface area contributed by atoms with Gasteiger partial charge in [-0.15, -0.1) is 0 Å². The molecule has 4 rings (SSSR count).